The first-order valence-electron chi connectivity index (χ1n) is 7.88. The Balaban J connectivity index is 1.93. The number of hydrogen-bond donors (Lipinski definition) is 1. The summed E-state index contributed by atoms with van der Waals surface area (Å²) in [5.74, 6) is 1.46. The molecule has 2 rings (SSSR count). The lowest BCUT2D eigenvalue weighted by Crippen LogP contribution is -2.33. The SMILES string of the molecule is CCCC(CCC)NCC(=O)c1ccc2c(c1)OC(C)O2. The Morgan fingerprint density at radius 2 is 1.86 bits per heavy atom. The molecular weight excluding hydrogens is 266 g/mol. The van der Waals surface area contributed by atoms with E-state index in [1.807, 2.05) is 13.0 Å². The summed E-state index contributed by atoms with van der Waals surface area (Å²) in [6.45, 7) is 6.55. The third kappa shape index (κ3) is 4.21. The van der Waals surface area contributed by atoms with E-state index in [-0.39, 0.29) is 12.1 Å². The van der Waals surface area contributed by atoms with Crippen LogP contribution in [-0.2, 0) is 0 Å². The molecule has 0 aromatic heterocycles. The summed E-state index contributed by atoms with van der Waals surface area (Å²) in [5, 5.41) is 3.37. The van der Waals surface area contributed by atoms with Gasteiger partial charge in [-0.1, -0.05) is 26.7 Å². The van der Waals surface area contributed by atoms with E-state index in [0.29, 0.717) is 29.6 Å². The van der Waals surface area contributed by atoms with Crippen molar-refractivity contribution in [1.82, 2.24) is 5.32 Å². The highest BCUT2D eigenvalue weighted by atomic mass is 16.7. The molecule has 0 saturated heterocycles. The van der Waals surface area contributed by atoms with Gasteiger partial charge < -0.3 is 14.8 Å². The average molecular weight is 291 g/mol. The number of rotatable bonds is 8. The molecule has 1 unspecified atom stereocenters. The quantitative estimate of drug-likeness (QED) is 0.744. The van der Waals surface area contributed by atoms with E-state index in [2.05, 4.69) is 19.2 Å². The third-order valence-corrected chi connectivity index (χ3v) is 3.68. The van der Waals surface area contributed by atoms with Gasteiger partial charge in [0, 0.05) is 18.5 Å². The van der Waals surface area contributed by atoms with Gasteiger partial charge in [0.1, 0.15) is 0 Å². The van der Waals surface area contributed by atoms with Crippen LogP contribution < -0.4 is 14.8 Å². The highest BCUT2D eigenvalue weighted by molar-refractivity contribution is 5.98. The largest absolute Gasteiger partial charge is 0.451 e. The topological polar surface area (TPSA) is 47.6 Å². The first-order chi connectivity index (χ1) is 10.1. The summed E-state index contributed by atoms with van der Waals surface area (Å²) >= 11 is 0. The zero-order valence-corrected chi connectivity index (χ0v) is 13.1. The van der Waals surface area contributed by atoms with E-state index < -0.39 is 0 Å². The Morgan fingerprint density at radius 1 is 1.19 bits per heavy atom. The fourth-order valence-electron chi connectivity index (χ4n) is 2.64. The first-order valence-corrected chi connectivity index (χ1v) is 7.88. The highest BCUT2D eigenvalue weighted by Crippen LogP contribution is 2.35. The number of ketones is 1. The molecule has 4 heteroatoms. The lowest BCUT2D eigenvalue weighted by Gasteiger charge is -2.16. The van der Waals surface area contributed by atoms with Crippen molar-refractivity contribution in [3.63, 3.8) is 0 Å². The second-order valence-corrected chi connectivity index (χ2v) is 5.54. The molecular formula is C17H25NO3. The molecule has 1 N–H and O–H groups in total. The molecule has 0 bridgehead atoms. The molecule has 0 amide bonds. The Bertz CT molecular complexity index is 481. The van der Waals surface area contributed by atoms with Gasteiger partial charge in [0.05, 0.1) is 6.54 Å². The lowest BCUT2D eigenvalue weighted by atomic mass is 10.1. The van der Waals surface area contributed by atoms with Crippen LogP contribution >= 0.6 is 0 Å². The van der Waals surface area contributed by atoms with Gasteiger partial charge in [-0.25, -0.2) is 0 Å². The van der Waals surface area contributed by atoms with Crippen molar-refractivity contribution in [3.8, 4) is 11.5 Å². The number of ether oxygens (including phenoxy) is 2. The molecule has 21 heavy (non-hydrogen) atoms. The first kappa shape index (κ1) is 15.8. The number of fused-ring (bicyclic) bond motifs is 1. The van der Waals surface area contributed by atoms with Crippen LogP contribution in [0.4, 0.5) is 0 Å². The lowest BCUT2D eigenvalue weighted by molar-refractivity contribution is 0.0678. The monoisotopic (exact) mass is 291 g/mol. The molecule has 1 aromatic rings. The molecule has 0 radical (unpaired) electrons. The predicted molar refractivity (Wildman–Crippen MR) is 83.1 cm³/mol. The van der Waals surface area contributed by atoms with E-state index in [1.54, 1.807) is 12.1 Å². The number of nitrogens with one attached hydrogen (secondary N) is 1. The molecule has 1 aromatic carbocycles. The predicted octanol–water partition coefficient (Wildman–Crippen LogP) is 3.54. The minimum Gasteiger partial charge on any atom is -0.451 e. The van der Waals surface area contributed by atoms with Gasteiger partial charge >= 0.3 is 0 Å². The molecule has 1 atom stereocenters. The standard InChI is InChI=1S/C17H25NO3/c1-4-6-14(7-5-2)18-11-15(19)13-8-9-16-17(10-13)21-12(3)20-16/h8-10,12,14,18H,4-7,11H2,1-3H3. The summed E-state index contributed by atoms with van der Waals surface area (Å²) in [4.78, 5) is 12.3. The zero-order chi connectivity index (χ0) is 15.2. The van der Waals surface area contributed by atoms with Crippen molar-refractivity contribution in [2.75, 3.05) is 6.54 Å². The minimum absolute atomic E-state index is 0.0955. The van der Waals surface area contributed by atoms with Crippen LogP contribution in [-0.4, -0.2) is 24.7 Å². The van der Waals surface area contributed by atoms with Crippen molar-refractivity contribution in [2.24, 2.45) is 0 Å². The van der Waals surface area contributed by atoms with Crippen molar-refractivity contribution < 1.29 is 14.3 Å². The van der Waals surface area contributed by atoms with Crippen LogP contribution in [0.5, 0.6) is 11.5 Å². The maximum Gasteiger partial charge on any atom is 0.238 e. The summed E-state index contributed by atoms with van der Waals surface area (Å²) < 4.78 is 11.0. The Hall–Kier alpha value is -1.55. The van der Waals surface area contributed by atoms with Gasteiger partial charge in [-0.05, 0) is 31.0 Å². The van der Waals surface area contributed by atoms with E-state index in [0.717, 1.165) is 25.7 Å². The van der Waals surface area contributed by atoms with Gasteiger partial charge in [0.25, 0.3) is 0 Å². The van der Waals surface area contributed by atoms with Crippen LogP contribution in [0.25, 0.3) is 0 Å². The molecule has 0 aliphatic carbocycles. The Labute approximate surface area is 126 Å². The molecule has 0 fully saturated rings. The van der Waals surface area contributed by atoms with Crippen LogP contribution in [0.1, 0.15) is 56.8 Å². The smallest absolute Gasteiger partial charge is 0.238 e. The molecule has 1 heterocycles. The van der Waals surface area contributed by atoms with Gasteiger partial charge in [0.2, 0.25) is 6.29 Å². The Morgan fingerprint density at radius 3 is 2.52 bits per heavy atom. The van der Waals surface area contributed by atoms with Crippen LogP contribution in [0, 0.1) is 0 Å². The van der Waals surface area contributed by atoms with Gasteiger partial charge in [-0.2, -0.15) is 0 Å². The fourth-order valence-corrected chi connectivity index (χ4v) is 2.64. The second kappa shape index (κ2) is 7.46. The van der Waals surface area contributed by atoms with Crippen molar-refractivity contribution in [1.29, 1.82) is 0 Å². The van der Waals surface area contributed by atoms with E-state index in [4.69, 9.17) is 9.47 Å². The molecule has 0 spiro atoms. The summed E-state index contributed by atoms with van der Waals surface area (Å²) in [6.07, 6.45) is 4.21. The van der Waals surface area contributed by atoms with E-state index in [1.165, 1.54) is 0 Å². The summed E-state index contributed by atoms with van der Waals surface area (Å²) in [6, 6.07) is 5.82. The molecule has 0 saturated carbocycles. The highest BCUT2D eigenvalue weighted by Gasteiger charge is 2.21. The molecule has 1 aliphatic heterocycles. The van der Waals surface area contributed by atoms with Crippen molar-refractivity contribution in [2.45, 2.75) is 58.8 Å². The molecule has 116 valence electrons. The fraction of sp³-hybridized carbons (Fsp3) is 0.588. The van der Waals surface area contributed by atoms with Crippen LogP contribution in [0.15, 0.2) is 18.2 Å². The summed E-state index contributed by atoms with van der Waals surface area (Å²) in [7, 11) is 0. The van der Waals surface area contributed by atoms with Gasteiger partial charge in [-0.3, -0.25) is 4.79 Å². The number of carbonyl (C=O) groups is 1. The van der Waals surface area contributed by atoms with Gasteiger partial charge in [0.15, 0.2) is 17.3 Å². The van der Waals surface area contributed by atoms with Crippen LogP contribution in [0.3, 0.4) is 0 Å². The molecule has 4 nitrogen and oxygen atoms in total. The third-order valence-electron chi connectivity index (χ3n) is 3.68. The molecule has 1 aliphatic rings. The summed E-state index contributed by atoms with van der Waals surface area (Å²) in [5.41, 5.74) is 0.672. The van der Waals surface area contributed by atoms with E-state index in [9.17, 15) is 4.79 Å². The average Bonchev–Trinajstić information content (AvgIpc) is 2.84. The number of hydrogen-bond acceptors (Lipinski definition) is 4. The minimum atomic E-state index is -0.276. The van der Waals surface area contributed by atoms with E-state index >= 15 is 0 Å². The van der Waals surface area contributed by atoms with Gasteiger partial charge in [-0.15, -0.1) is 0 Å². The number of benzene rings is 1. The number of Topliss-reactive ketones (excluding diaryl/α,β-unsaturated/α-hetero) is 1. The second-order valence-electron chi connectivity index (χ2n) is 5.54. The number of carbonyl (C=O) groups excluding carboxylic acids is 1. The normalized spacial score (nSPS) is 16.5. The van der Waals surface area contributed by atoms with Crippen molar-refractivity contribution >= 4 is 5.78 Å². The Kier molecular flexibility index (Phi) is 5.62. The van der Waals surface area contributed by atoms with Crippen LogP contribution in [0.2, 0.25) is 0 Å². The maximum absolute atomic E-state index is 12.3. The van der Waals surface area contributed by atoms with Crippen molar-refractivity contribution in [3.05, 3.63) is 23.8 Å². The maximum atomic E-state index is 12.3. The zero-order valence-electron chi connectivity index (χ0n) is 13.1.